The lowest BCUT2D eigenvalue weighted by atomic mass is 9.94. The smallest absolute Gasteiger partial charge is 0.300 e. The average molecular weight is 530 g/mol. The molecule has 1 amide bonds. The van der Waals surface area contributed by atoms with E-state index in [1.54, 1.807) is 36.4 Å². The number of carbonyl (C=O) groups is 2. The van der Waals surface area contributed by atoms with Crippen LogP contribution in [0.4, 0.5) is 5.69 Å². The third-order valence-electron chi connectivity index (χ3n) is 6.92. The highest BCUT2D eigenvalue weighted by Gasteiger charge is 2.47. The van der Waals surface area contributed by atoms with E-state index in [1.165, 1.54) is 19.1 Å². The van der Waals surface area contributed by atoms with Gasteiger partial charge in [-0.3, -0.25) is 14.5 Å². The number of carbonyl (C=O) groups excluding carboxylic acids is 2. The molecule has 0 aromatic heterocycles. The number of rotatable bonds is 9. The summed E-state index contributed by atoms with van der Waals surface area (Å²) in [5, 5.41) is 11.5. The molecule has 0 saturated carbocycles. The molecule has 1 N–H and O–H groups in total. The first kappa shape index (κ1) is 27.8. The number of aliphatic hydroxyl groups excluding tert-OH is 1. The van der Waals surface area contributed by atoms with Crippen LogP contribution in [0.3, 0.4) is 0 Å². The first-order chi connectivity index (χ1) is 18.7. The van der Waals surface area contributed by atoms with Gasteiger partial charge in [-0.05, 0) is 78.4 Å². The molecular weight excluding hydrogens is 494 g/mol. The Kier molecular flexibility index (Phi) is 8.29. The van der Waals surface area contributed by atoms with Crippen LogP contribution in [-0.2, 0) is 9.59 Å². The van der Waals surface area contributed by atoms with Gasteiger partial charge in [0.2, 0.25) is 0 Å². The molecule has 1 atom stereocenters. The molecule has 1 unspecified atom stereocenters. The van der Waals surface area contributed by atoms with Crippen molar-refractivity contribution in [3.8, 4) is 17.2 Å². The number of nitrogens with zero attached hydrogens (tertiary/aromatic N) is 1. The number of benzene rings is 3. The molecule has 204 valence electrons. The maximum Gasteiger partial charge on any atom is 0.300 e. The summed E-state index contributed by atoms with van der Waals surface area (Å²) in [6.07, 6.45) is 0.869. The highest BCUT2D eigenvalue weighted by atomic mass is 16.5. The van der Waals surface area contributed by atoms with Gasteiger partial charge < -0.3 is 19.3 Å². The minimum absolute atomic E-state index is 0.00165. The Hall–Kier alpha value is -4.26. The van der Waals surface area contributed by atoms with Crippen LogP contribution in [0.5, 0.6) is 17.2 Å². The van der Waals surface area contributed by atoms with Crippen LogP contribution < -0.4 is 19.1 Å². The Morgan fingerprint density at radius 1 is 0.923 bits per heavy atom. The van der Waals surface area contributed by atoms with E-state index in [-0.39, 0.29) is 11.3 Å². The fourth-order valence-electron chi connectivity index (χ4n) is 4.78. The van der Waals surface area contributed by atoms with Gasteiger partial charge in [-0.25, -0.2) is 0 Å². The largest absolute Gasteiger partial charge is 0.507 e. The fraction of sp³-hybridized carbons (Fsp3) is 0.312. The molecule has 1 fully saturated rings. The zero-order valence-corrected chi connectivity index (χ0v) is 23.3. The molecule has 1 saturated heterocycles. The molecule has 0 bridgehead atoms. The van der Waals surface area contributed by atoms with Crippen LogP contribution in [0.15, 0.2) is 66.2 Å². The third kappa shape index (κ3) is 5.35. The average Bonchev–Trinajstić information content (AvgIpc) is 3.21. The van der Waals surface area contributed by atoms with Crippen molar-refractivity contribution in [3.63, 3.8) is 0 Å². The lowest BCUT2D eigenvalue weighted by molar-refractivity contribution is -0.132. The fourth-order valence-corrected chi connectivity index (χ4v) is 4.78. The van der Waals surface area contributed by atoms with Crippen molar-refractivity contribution >= 4 is 23.1 Å². The second-order valence-corrected chi connectivity index (χ2v) is 9.86. The number of hydrogen-bond donors (Lipinski definition) is 1. The Labute approximate surface area is 229 Å². The van der Waals surface area contributed by atoms with E-state index in [4.69, 9.17) is 14.2 Å². The van der Waals surface area contributed by atoms with Crippen LogP contribution in [-0.4, -0.2) is 37.6 Å². The van der Waals surface area contributed by atoms with Gasteiger partial charge in [0.1, 0.15) is 11.5 Å². The van der Waals surface area contributed by atoms with Crippen molar-refractivity contribution in [2.75, 3.05) is 25.7 Å². The molecule has 7 heteroatoms. The Morgan fingerprint density at radius 3 is 2.18 bits per heavy atom. The number of hydrogen-bond acceptors (Lipinski definition) is 6. The minimum atomic E-state index is -0.883. The van der Waals surface area contributed by atoms with Crippen LogP contribution in [0, 0.1) is 6.92 Å². The van der Waals surface area contributed by atoms with Gasteiger partial charge in [-0.2, -0.15) is 0 Å². The summed E-state index contributed by atoms with van der Waals surface area (Å²) in [6.45, 7) is 8.66. The van der Waals surface area contributed by atoms with Gasteiger partial charge in [0.05, 0.1) is 32.4 Å². The molecule has 39 heavy (non-hydrogen) atoms. The van der Waals surface area contributed by atoms with Gasteiger partial charge >= 0.3 is 0 Å². The maximum atomic E-state index is 13.5. The molecule has 3 aromatic carbocycles. The van der Waals surface area contributed by atoms with Crippen molar-refractivity contribution in [2.45, 2.75) is 46.1 Å². The van der Waals surface area contributed by atoms with Crippen molar-refractivity contribution < 1.29 is 28.9 Å². The molecule has 1 heterocycles. The quantitative estimate of drug-likeness (QED) is 0.192. The molecule has 3 aromatic rings. The topological polar surface area (TPSA) is 85.3 Å². The number of ketones is 1. The number of Topliss-reactive ketones (excluding diaryl/α,β-unsaturated/α-hetero) is 1. The predicted octanol–water partition coefficient (Wildman–Crippen LogP) is 6.55. The molecule has 1 aliphatic rings. The summed E-state index contributed by atoms with van der Waals surface area (Å²) >= 11 is 0. The van der Waals surface area contributed by atoms with E-state index in [1.807, 2.05) is 38.1 Å². The zero-order valence-electron chi connectivity index (χ0n) is 23.3. The Balaban J connectivity index is 1.90. The number of ether oxygens (including phenoxy) is 3. The van der Waals surface area contributed by atoms with Crippen LogP contribution in [0.2, 0.25) is 0 Å². The second-order valence-electron chi connectivity index (χ2n) is 9.86. The number of anilines is 1. The van der Waals surface area contributed by atoms with E-state index in [0.29, 0.717) is 46.6 Å². The summed E-state index contributed by atoms with van der Waals surface area (Å²) < 4.78 is 16.7. The van der Waals surface area contributed by atoms with Crippen molar-refractivity contribution in [2.24, 2.45) is 0 Å². The number of aryl methyl sites for hydroxylation is 1. The van der Waals surface area contributed by atoms with Crippen LogP contribution in [0.25, 0.3) is 5.76 Å². The van der Waals surface area contributed by atoms with Crippen LogP contribution in [0.1, 0.15) is 61.4 Å². The van der Waals surface area contributed by atoms with Gasteiger partial charge in [-0.1, -0.05) is 39.0 Å². The first-order valence-electron chi connectivity index (χ1n) is 13.1. The predicted molar refractivity (Wildman–Crippen MR) is 152 cm³/mol. The lowest BCUT2D eigenvalue weighted by Crippen LogP contribution is -2.29. The van der Waals surface area contributed by atoms with Gasteiger partial charge in [0.15, 0.2) is 11.5 Å². The first-order valence-corrected chi connectivity index (χ1v) is 13.1. The minimum Gasteiger partial charge on any atom is -0.507 e. The lowest BCUT2D eigenvalue weighted by Gasteiger charge is -2.26. The van der Waals surface area contributed by atoms with Crippen LogP contribution >= 0.6 is 0 Å². The van der Waals surface area contributed by atoms with Gasteiger partial charge in [0, 0.05) is 11.3 Å². The number of methoxy groups -OCH3 is 2. The van der Waals surface area contributed by atoms with Crippen molar-refractivity contribution in [1.82, 2.24) is 0 Å². The van der Waals surface area contributed by atoms with E-state index in [2.05, 4.69) is 13.8 Å². The molecule has 0 aliphatic carbocycles. The highest BCUT2D eigenvalue weighted by molar-refractivity contribution is 6.51. The SMILES string of the molecule is CCCOc1ccc(/C(O)=C2/C(=O)C(=O)N(c3ccc(C(C)C)cc3)C2c2ccc(OC)c(OC)c2)cc1C. The normalized spacial score (nSPS) is 16.6. The third-order valence-corrected chi connectivity index (χ3v) is 6.92. The number of aliphatic hydroxyl groups is 1. The highest BCUT2D eigenvalue weighted by Crippen LogP contribution is 2.44. The van der Waals surface area contributed by atoms with E-state index >= 15 is 0 Å². The summed E-state index contributed by atoms with van der Waals surface area (Å²) in [5.74, 6) is 0.248. The Bertz CT molecular complexity index is 1410. The van der Waals surface area contributed by atoms with Gasteiger partial charge in [0.25, 0.3) is 11.7 Å². The molecule has 1 aliphatic heterocycles. The summed E-state index contributed by atoms with van der Waals surface area (Å²) in [7, 11) is 3.06. The van der Waals surface area contributed by atoms with Crippen molar-refractivity contribution in [3.05, 3.63) is 88.5 Å². The zero-order chi connectivity index (χ0) is 28.3. The summed E-state index contributed by atoms with van der Waals surface area (Å²) in [6, 6.07) is 17.1. The maximum absolute atomic E-state index is 13.5. The number of amides is 1. The second kappa shape index (κ2) is 11.6. The monoisotopic (exact) mass is 529 g/mol. The van der Waals surface area contributed by atoms with E-state index < -0.39 is 17.7 Å². The molecule has 7 nitrogen and oxygen atoms in total. The standard InChI is InChI=1S/C32H35NO6/c1-7-16-39-25-14-11-23(17-20(25)4)30(34)28-29(22-10-15-26(37-5)27(18-22)38-6)33(32(36)31(28)35)24-12-8-21(9-13-24)19(2)3/h8-15,17-19,29,34H,7,16H2,1-6H3/b30-28-. The Morgan fingerprint density at radius 2 is 1.59 bits per heavy atom. The summed E-state index contributed by atoms with van der Waals surface area (Å²) in [5.41, 5.74) is 3.50. The van der Waals surface area contributed by atoms with Crippen molar-refractivity contribution in [1.29, 1.82) is 0 Å². The molecule has 4 rings (SSSR count). The molecular formula is C32H35NO6. The van der Waals surface area contributed by atoms with E-state index in [9.17, 15) is 14.7 Å². The molecule has 0 spiro atoms. The van der Waals surface area contributed by atoms with E-state index in [0.717, 1.165) is 17.5 Å². The molecule has 0 radical (unpaired) electrons. The summed E-state index contributed by atoms with van der Waals surface area (Å²) in [4.78, 5) is 28.5. The van der Waals surface area contributed by atoms with Gasteiger partial charge in [-0.15, -0.1) is 0 Å².